The largest absolute Gasteiger partial charge is 0.356 e. The molecule has 0 spiro atoms. The Morgan fingerprint density at radius 1 is 0.553 bits per heavy atom. The van der Waals surface area contributed by atoms with Crippen molar-refractivity contribution in [3.05, 3.63) is 157 Å². The number of para-hydroxylation sites is 2. The molecule has 1 aliphatic rings. The number of rotatable bonds is 5. The fourth-order valence-electron chi connectivity index (χ4n) is 5.24. The molecule has 5 aromatic carbocycles. The summed E-state index contributed by atoms with van der Waals surface area (Å²) in [5.74, 6) is 0. The van der Waals surface area contributed by atoms with Gasteiger partial charge in [-0.25, -0.2) is 0 Å². The number of benzene rings is 5. The summed E-state index contributed by atoms with van der Waals surface area (Å²) in [5.41, 5.74) is 10.5. The zero-order valence-corrected chi connectivity index (χ0v) is 20.8. The molecule has 0 fully saturated rings. The van der Waals surface area contributed by atoms with Crippen LogP contribution in [-0.2, 0) is 0 Å². The molecule has 0 radical (unpaired) electrons. The monoisotopic (exact) mass is 485 g/mol. The predicted molar refractivity (Wildman–Crippen MR) is 161 cm³/mol. The summed E-state index contributed by atoms with van der Waals surface area (Å²) in [6, 6.07) is 43.2. The van der Waals surface area contributed by atoms with Crippen molar-refractivity contribution >= 4 is 38.8 Å². The highest BCUT2D eigenvalue weighted by atomic mass is 15.0. The Balaban J connectivity index is 1.19. The van der Waals surface area contributed by atoms with Crippen LogP contribution in [0.25, 0.3) is 44.2 Å². The number of hydrogen-bond acceptors (Lipinski definition) is 1. The fourth-order valence-corrected chi connectivity index (χ4v) is 5.24. The molecule has 0 bridgehead atoms. The number of nitrogens with one attached hydrogen (secondary N) is 1. The minimum Gasteiger partial charge on any atom is -0.356 e. The van der Waals surface area contributed by atoms with E-state index in [4.69, 9.17) is 0 Å². The molecular formula is C36H25N2+. The fraction of sp³-hybridized carbons (Fsp3) is 0. The van der Waals surface area contributed by atoms with Crippen LogP contribution in [0.2, 0.25) is 0 Å². The second-order valence-corrected chi connectivity index (χ2v) is 9.49. The average molecular weight is 486 g/mol. The average Bonchev–Trinajstić information content (AvgIpc) is 3.32. The highest BCUT2D eigenvalue weighted by Crippen LogP contribution is 2.35. The topological polar surface area (TPSA) is 17.0 Å². The summed E-state index contributed by atoms with van der Waals surface area (Å²) in [6.45, 7) is 0. The lowest BCUT2D eigenvalue weighted by Crippen LogP contribution is -1.93. The first-order valence-electron chi connectivity index (χ1n) is 12.9. The molecular weight excluding hydrogens is 460 g/mol. The van der Waals surface area contributed by atoms with Gasteiger partial charge in [-0.1, -0.05) is 60.7 Å². The lowest BCUT2D eigenvalue weighted by Gasteiger charge is -2.10. The van der Waals surface area contributed by atoms with Crippen LogP contribution in [0.5, 0.6) is 0 Å². The van der Waals surface area contributed by atoms with E-state index in [1.54, 1.807) is 0 Å². The Hall–Kier alpha value is -5.17. The Kier molecular flexibility index (Phi) is 5.44. The van der Waals surface area contributed by atoms with Crippen molar-refractivity contribution in [2.24, 2.45) is 0 Å². The molecule has 1 N–H and O–H groups in total. The van der Waals surface area contributed by atoms with E-state index in [0.29, 0.717) is 0 Å². The van der Waals surface area contributed by atoms with Crippen molar-refractivity contribution in [1.29, 1.82) is 0 Å². The smallest absolute Gasteiger partial charge is 0.111 e. The Morgan fingerprint density at radius 3 is 1.95 bits per heavy atom. The van der Waals surface area contributed by atoms with Gasteiger partial charge in [0.05, 0.1) is 22.7 Å². The van der Waals surface area contributed by atoms with Gasteiger partial charge in [-0.3, -0.25) is 0 Å². The predicted octanol–water partition coefficient (Wildman–Crippen LogP) is 9.51. The first-order chi connectivity index (χ1) is 18.8. The molecule has 178 valence electrons. The van der Waals surface area contributed by atoms with E-state index in [0.717, 1.165) is 11.4 Å². The maximum atomic E-state index is 3.53. The number of nitrogens with zero attached hydrogens (tertiary/aromatic N) is 1. The standard InChI is InChI=1S/C36H25N2/c1-3-9-26(10-4-1)27-15-20-30(21-16-27)37-31-22-17-28(18-23-31)29-19-24-34-33-13-7-8-14-35(33)38(36(34)25-29)32-11-5-2-6-12-32/h1-3,5-25,37H/q+1. The van der Waals surface area contributed by atoms with Crippen LogP contribution in [0.4, 0.5) is 11.4 Å². The van der Waals surface area contributed by atoms with Gasteiger partial charge in [-0.2, -0.15) is 0 Å². The van der Waals surface area contributed by atoms with E-state index >= 15 is 0 Å². The Morgan fingerprint density at radius 2 is 1.21 bits per heavy atom. The number of allylic oxidation sites excluding steroid dienone is 6. The molecule has 1 aromatic heterocycles. The Labute approximate surface area is 222 Å². The SMILES string of the molecule is [C+]1=CC(c2ccc(Nc3ccc(-c4ccc5c6ccccc6n(-c6ccccc6)c5c4)cc3)cc2)=CC=C1. The molecule has 2 heteroatoms. The minimum absolute atomic E-state index is 1.06. The van der Waals surface area contributed by atoms with E-state index in [2.05, 4.69) is 143 Å². The summed E-state index contributed by atoms with van der Waals surface area (Å²) in [7, 11) is 0. The van der Waals surface area contributed by atoms with Crippen molar-refractivity contribution in [2.75, 3.05) is 5.32 Å². The molecule has 0 amide bonds. The van der Waals surface area contributed by atoms with Crippen molar-refractivity contribution < 1.29 is 0 Å². The number of anilines is 2. The van der Waals surface area contributed by atoms with Crippen molar-refractivity contribution in [3.8, 4) is 16.8 Å². The second-order valence-electron chi connectivity index (χ2n) is 9.49. The molecule has 0 unspecified atom stereocenters. The molecule has 0 atom stereocenters. The minimum atomic E-state index is 1.06. The van der Waals surface area contributed by atoms with Gasteiger partial charge in [0, 0.05) is 45.6 Å². The number of aromatic nitrogens is 1. The molecule has 38 heavy (non-hydrogen) atoms. The lowest BCUT2D eigenvalue weighted by molar-refractivity contribution is 1.18. The maximum Gasteiger partial charge on any atom is 0.111 e. The zero-order chi connectivity index (χ0) is 25.3. The molecule has 7 rings (SSSR count). The quantitative estimate of drug-likeness (QED) is 0.241. The van der Waals surface area contributed by atoms with Crippen LogP contribution in [0, 0.1) is 6.08 Å². The van der Waals surface area contributed by atoms with Crippen molar-refractivity contribution in [2.45, 2.75) is 0 Å². The molecule has 1 heterocycles. The van der Waals surface area contributed by atoms with E-state index in [9.17, 15) is 0 Å². The van der Waals surface area contributed by atoms with Crippen LogP contribution >= 0.6 is 0 Å². The first-order valence-corrected chi connectivity index (χ1v) is 12.9. The van der Waals surface area contributed by atoms with Gasteiger partial charge < -0.3 is 9.88 Å². The van der Waals surface area contributed by atoms with Crippen LogP contribution in [0.3, 0.4) is 0 Å². The normalized spacial score (nSPS) is 12.5. The van der Waals surface area contributed by atoms with Crippen molar-refractivity contribution in [3.63, 3.8) is 0 Å². The van der Waals surface area contributed by atoms with E-state index in [1.807, 2.05) is 18.2 Å². The van der Waals surface area contributed by atoms with Gasteiger partial charge >= 0.3 is 0 Å². The molecule has 0 saturated carbocycles. The highest BCUT2D eigenvalue weighted by molar-refractivity contribution is 6.10. The van der Waals surface area contributed by atoms with E-state index < -0.39 is 0 Å². The van der Waals surface area contributed by atoms with Gasteiger partial charge in [-0.05, 0) is 71.8 Å². The summed E-state index contributed by atoms with van der Waals surface area (Å²) in [4.78, 5) is 0. The molecule has 0 aliphatic heterocycles. The molecule has 0 saturated heterocycles. The third kappa shape index (κ3) is 4.00. The number of fused-ring (bicyclic) bond motifs is 3. The van der Waals surface area contributed by atoms with Crippen LogP contribution in [0.15, 0.2) is 146 Å². The summed E-state index contributed by atoms with van der Waals surface area (Å²) < 4.78 is 2.36. The van der Waals surface area contributed by atoms with Gasteiger partial charge in [0.25, 0.3) is 0 Å². The van der Waals surface area contributed by atoms with Gasteiger partial charge in [-0.15, -0.1) is 0 Å². The van der Waals surface area contributed by atoms with Crippen LogP contribution in [-0.4, -0.2) is 4.57 Å². The van der Waals surface area contributed by atoms with E-state index in [1.165, 1.54) is 49.8 Å². The molecule has 1 aliphatic carbocycles. The second kappa shape index (κ2) is 9.37. The van der Waals surface area contributed by atoms with Gasteiger partial charge in [0.2, 0.25) is 0 Å². The maximum absolute atomic E-state index is 3.53. The van der Waals surface area contributed by atoms with Crippen LogP contribution < -0.4 is 5.32 Å². The summed E-state index contributed by atoms with van der Waals surface area (Å²) in [5, 5.41) is 6.07. The molecule has 6 aromatic rings. The van der Waals surface area contributed by atoms with E-state index in [-0.39, 0.29) is 0 Å². The summed E-state index contributed by atoms with van der Waals surface area (Å²) >= 11 is 0. The third-order valence-corrected chi connectivity index (χ3v) is 7.12. The van der Waals surface area contributed by atoms with Crippen LogP contribution in [0.1, 0.15) is 5.56 Å². The Bertz CT molecular complexity index is 1850. The first kappa shape index (κ1) is 22.1. The van der Waals surface area contributed by atoms with Gasteiger partial charge in [0.1, 0.15) is 12.2 Å². The highest BCUT2D eigenvalue weighted by Gasteiger charge is 2.13. The third-order valence-electron chi connectivity index (χ3n) is 7.12. The number of hydrogen-bond donors (Lipinski definition) is 1. The summed E-state index contributed by atoms with van der Waals surface area (Å²) in [6.07, 6.45) is 11.2. The van der Waals surface area contributed by atoms with Crippen molar-refractivity contribution in [1.82, 2.24) is 4.57 Å². The van der Waals surface area contributed by atoms with Gasteiger partial charge in [0.15, 0.2) is 0 Å². The zero-order valence-electron chi connectivity index (χ0n) is 20.8. The molecule has 2 nitrogen and oxygen atoms in total. The lowest BCUT2D eigenvalue weighted by atomic mass is 10.0.